The number of aliphatic hydroxyl groups excluding tert-OH is 1. The highest BCUT2D eigenvalue weighted by Crippen LogP contribution is 2.09. The van der Waals surface area contributed by atoms with Crippen LogP contribution < -0.4 is 0 Å². The zero-order chi connectivity index (χ0) is 9.68. The van der Waals surface area contributed by atoms with Gasteiger partial charge in [-0.05, 0) is 12.0 Å². The van der Waals surface area contributed by atoms with Gasteiger partial charge in [0, 0.05) is 6.20 Å². The SMILES string of the molecule is CC(C)c1cnc(/C=C/CO)cn1. The minimum atomic E-state index is 0.0353. The Balaban J connectivity index is 2.75. The average Bonchev–Trinajstić information content (AvgIpc) is 2.15. The van der Waals surface area contributed by atoms with Crippen molar-refractivity contribution in [2.24, 2.45) is 0 Å². The zero-order valence-electron chi connectivity index (χ0n) is 7.94. The van der Waals surface area contributed by atoms with Crippen molar-refractivity contribution in [3.8, 4) is 0 Å². The van der Waals surface area contributed by atoms with E-state index < -0.39 is 0 Å². The molecule has 70 valence electrons. The van der Waals surface area contributed by atoms with Crippen molar-refractivity contribution >= 4 is 6.08 Å². The molecule has 0 aliphatic heterocycles. The summed E-state index contributed by atoms with van der Waals surface area (Å²) in [5.74, 6) is 0.406. The Morgan fingerprint density at radius 3 is 2.62 bits per heavy atom. The van der Waals surface area contributed by atoms with Crippen LogP contribution in [0.2, 0.25) is 0 Å². The van der Waals surface area contributed by atoms with Gasteiger partial charge in [0.2, 0.25) is 0 Å². The molecule has 0 radical (unpaired) electrons. The van der Waals surface area contributed by atoms with Gasteiger partial charge in [-0.1, -0.05) is 19.9 Å². The van der Waals surface area contributed by atoms with E-state index in [9.17, 15) is 0 Å². The third kappa shape index (κ3) is 2.95. The predicted molar refractivity (Wildman–Crippen MR) is 52.2 cm³/mol. The van der Waals surface area contributed by atoms with Crippen molar-refractivity contribution in [1.82, 2.24) is 9.97 Å². The van der Waals surface area contributed by atoms with E-state index in [0.29, 0.717) is 5.92 Å². The van der Waals surface area contributed by atoms with Gasteiger partial charge in [0.05, 0.1) is 24.2 Å². The summed E-state index contributed by atoms with van der Waals surface area (Å²) in [6.07, 6.45) is 6.86. The summed E-state index contributed by atoms with van der Waals surface area (Å²) >= 11 is 0. The molecule has 1 aromatic rings. The van der Waals surface area contributed by atoms with Gasteiger partial charge in [0.25, 0.3) is 0 Å². The number of aliphatic hydroxyl groups is 1. The summed E-state index contributed by atoms with van der Waals surface area (Å²) in [7, 11) is 0. The maximum Gasteiger partial charge on any atom is 0.0810 e. The van der Waals surface area contributed by atoms with Crippen molar-refractivity contribution < 1.29 is 5.11 Å². The quantitative estimate of drug-likeness (QED) is 0.764. The standard InChI is InChI=1S/C10H14N2O/c1-8(2)10-7-11-9(6-12-10)4-3-5-13/h3-4,6-8,13H,5H2,1-2H3/b4-3+. The Kier molecular flexibility index (Phi) is 3.58. The Morgan fingerprint density at radius 1 is 1.38 bits per heavy atom. The molecule has 0 aromatic carbocycles. The monoisotopic (exact) mass is 178 g/mol. The van der Waals surface area contributed by atoms with Crippen LogP contribution in [-0.2, 0) is 0 Å². The summed E-state index contributed by atoms with van der Waals surface area (Å²) in [6.45, 7) is 4.19. The lowest BCUT2D eigenvalue weighted by Gasteiger charge is -2.02. The Bertz CT molecular complexity index is 277. The van der Waals surface area contributed by atoms with Gasteiger partial charge in [-0.15, -0.1) is 0 Å². The van der Waals surface area contributed by atoms with Gasteiger partial charge in [-0.25, -0.2) is 0 Å². The van der Waals surface area contributed by atoms with Crippen molar-refractivity contribution in [3.05, 3.63) is 29.9 Å². The van der Waals surface area contributed by atoms with Crippen molar-refractivity contribution in [1.29, 1.82) is 0 Å². The average molecular weight is 178 g/mol. The van der Waals surface area contributed by atoms with E-state index in [2.05, 4.69) is 23.8 Å². The van der Waals surface area contributed by atoms with Crippen LogP contribution >= 0.6 is 0 Å². The third-order valence-corrected chi connectivity index (χ3v) is 1.68. The minimum absolute atomic E-state index is 0.0353. The number of rotatable bonds is 3. The smallest absolute Gasteiger partial charge is 0.0810 e. The summed E-state index contributed by atoms with van der Waals surface area (Å²) < 4.78 is 0. The Hall–Kier alpha value is -1.22. The number of nitrogens with zero attached hydrogens (tertiary/aromatic N) is 2. The van der Waals surface area contributed by atoms with Crippen LogP contribution in [0.15, 0.2) is 18.5 Å². The molecule has 0 atom stereocenters. The molecular formula is C10H14N2O. The molecular weight excluding hydrogens is 164 g/mol. The van der Waals surface area contributed by atoms with E-state index in [1.807, 2.05) is 0 Å². The third-order valence-electron chi connectivity index (χ3n) is 1.68. The molecule has 0 unspecified atom stereocenters. The van der Waals surface area contributed by atoms with Gasteiger partial charge in [-0.2, -0.15) is 0 Å². The molecule has 0 amide bonds. The van der Waals surface area contributed by atoms with Crippen LogP contribution in [0.4, 0.5) is 0 Å². The van der Waals surface area contributed by atoms with Crippen LogP contribution in [0.25, 0.3) is 6.08 Å². The van der Waals surface area contributed by atoms with E-state index in [-0.39, 0.29) is 6.61 Å². The molecule has 0 aliphatic carbocycles. The number of hydrogen-bond acceptors (Lipinski definition) is 3. The number of hydrogen-bond donors (Lipinski definition) is 1. The van der Waals surface area contributed by atoms with Crippen LogP contribution in [0, 0.1) is 0 Å². The first-order chi connectivity index (χ1) is 6.24. The first-order valence-electron chi connectivity index (χ1n) is 4.33. The van der Waals surface area contributed by atoms with Gasteiger partial charge >= 0.3 is 0 Å². The fourth-order valence-corrected chi connectivity index (χ4v) is 0.906. The van der Waals surface area contributed by atoms with E-state index in [1.54, 1.807) is 24.5 Å². The molecule has 1 N–H and O–H groups in total. The van der Waals surface area contributed by atoms with E-state index in [1.165, 1.54) is 0 Å². The van der Waals surface area contributed by atoms with Crippen LogP contribution in [0.1, 0.15) is 31.2 Å². The summed E-state index contributed by atoms with van der Waals surface area (Å²) in [5, 5.41) is 8.54. The molecule has 13 heavy (non-hydrogen) atoms. The molecule has 0 bridgehead atoms. The zero-order valence-corrected chi connectivity index (χ0v) is 7.94. The van der Waals surface area contributed by atoms with Crippen molar-refractivity contribution in [3.63, 3.8) is 0 Å². The van der Waals surface area contributed by atoms with E-state index >= 15 is 0 Å². The maximum atomic E-state index is 8.54. The first-order valence-corrected chi connectivity index (χ1v) is 4.33. The fraction of sp³-hybridized carbons (Fsp3) is 0.400. The molecule has 0 spiro atoms. The molecule has 0 aliphatic rings. The summed E-state index contributed by atoms with van der Waals surface area (Å²) in [5.41, 5.74) is 1.76. The Labute approximate surface area is 78.2 Å². The number of aromatic nitrogens is 2. The van der Waals surface area contributed by atoms with E-state index in [4.69, 9.17) is 5.11 Å². The molecule has 1 aromatic heterocycles. The molecule has 3 nitrogen and oxygen atoms in total. The van der Waals surface area contributed by atoms with Gasteiger partial charge < -0.3 is 5.11 Å². The highest BCUT2D eigenvalue weighted by molar-refractivity contribution is 5.42. The molecule has 3 heteroatoms. The second kappa shape index (κ2) is 4.72. The largest absolute Gasteiger partial charge is 0.392 e. The Morgan fingerprint density at radius 2 is 2.15 bits per heavy atom. The summed E-state index contributed by atoms with van der Waals surface area (Å²) in [4.78, 5) is 8.41. The lowest BCUT2D eigenvalue weighted by molar-refractivity contribution is 0.343. The van der Waals surface area contributed by atoms with Crippen LogP contribution in [-0.4, -0.2) is 21.7 Å². The molecule has 0 fully saturated rings. The fourth-order valence-electron chi connectivity index (χ4n) is 0.906. The van der Waals surface area contributed by atoms with Crippen molar-refractivity contribution in [2.75, 3.05) is 6.61 Å². The topological polar surface area (TPSA) is 46.0 Å². The lowest BCUT2D eigenvalue weighted by atomic mass is 10.1. The minimum Gasteiger partial charge on any atom is -0.392 e. The van der Waals surface area contributed by atoms with Gasteiger partial charge in [0.15, 0.2) is 0 Å². The highest BCUT2D eigenvalue weighted by Gasteiger charge is 1.99. The van der Waals surface area contributed by atoms with Crippen LogP contribution in [0.5, 0.6) is 0 Å². The normalized spacial score (nSPS) is 11.4. The second-order valence-corrected chi connectivity index (χ2v) is 3.11. The summed E-state index contributed by atoms with van der Waals surface area (Å²) in [6, 6.07) is 0. The molecule has 0 saturated heterocycles. The van der Waals surface area contributed by atoms with Gasteiger partial charge in [0.1, 0.15) is 0 Å². The highest BCUT2D eigenvalue weighted by atomic mass is 16.2. The molecule has 1 rings (SSSR count). The van der Waals surface area contributed by atoms with Crippen molar-refractivity contribution in [2.45, 2.75) is 19.8 Å². The van der Waals surface area contributed by atoms with Gasteiger partial charge in [-0.3, -0.25) is 9.97 Å². The molecule has 0 saturated carbocycles. The lowest BCUT2D eigenvalue weighted by Crippen LogP contribution is -1.94. The van der Waals surface area contributed by atoms with E-state index in [0.717, 1.165) is 11.4 Å². The maximum absolute atomic E-state index is 8.54. The van der Waals surface area contributed by atoms with Crippen LogP contribution in [0.3, 0.4) is 0 Å². The second-order valence-electron chi connectivity index (χ2n) is 3.11. The first kappa shape index (κ1) is 9.86. The molecule has 1 heterocycles. The predicted octanol–water partition coefficient (Wildman–Crippen LogP) is 1.61.